The Hall–Kier alpha value is -0.460. The van der Waals surface area contributed by atoms with E-state index >= 15 is 0 Å². The van der Waals surface area contributed by atoms with Crippen LogP contribution in [0.1, 0.15) is 18.1 Å². The first kappa shape index (κ1) is 14.9. The summed E-state index contributed by atoms with van der Waals surface area (Å²) >= 11 is 3.45. The Morgan fingerprint density at radius 3 is 2.95 bits per heavy atom. The lowest BCUT2D eigenvalue weighted by Gasteiger charge is -2.34. The molecule has 2 rings (SSSR count). The Morgan fingerprint density at radius 1 is 1.42 bits per heavy atom. The summed E-state index contributed by atoms with van der Waals surface area (Å²) < 4.78 is 6.28. The molecule has 1 aromatic carbocycles. The molecule has 2 atom stereocenters. The molecule has 1 aliphatic heterocycles. The van der Waals surface area contributed by atoms with Crippen molar-refractivity contribution in [1.29, 1.82) is 0 Å². The molecule has 0 aromatic heterocycles. The Kier molecular flexibility index (Phi) is 5.78. The third-order valence-electron chi connectivity index (χ3n) is 3.51. The molecule has 0 radical (unpaired) electrons. The van der Waals surface area contributed by atoms with E-state index < -0.39 is 6.10 Å². The van der Waals surface area contributed by atoms with Gasteiger partial charge in [-0.2, -0.15) is 0 Å². The molecular formula is C14H20BrNO3. The minimum atomic E-state index is -0.488. The molecule has 0 bridgehead atoms. The van der Waals surface area contributed by atoms with Crippen molar-refractivity contribution in [2.24, 2.45) is 0 Å². The summed E-state index contributed by atoms with van der Waals surface area (Å²) in [6.45, 7) is 2.94. The van der Waals surface area contributed by atoms with Crippen molar-refractivity contribution in [3.8, 4) is 0 Å². The number of hydrogen-bond donors (Lipinski definition) is 2. The zero-order valence-electron chi connectivity index (χ0n) is 10.8. The quantitative estimate of drug-likeness (QED) is 0.860. The SMILES string of the molecule is OCC1COCCN1CCC(O)c1ccccc1Br. The molecule has 19 heavy (non-hydrogen) atoms. The highest BCUT2D eigenvalue weighted by Crippen LogP contribution is 2.25. The van der Waals surface area contributed by atoms with Gasteiger partial charge in [-0.05, 0) is 18.1 Å². The lowest BCUT2D eigenvalue weighted by molar-refractivity contribution is -0.0321. The van der Waals surface area contributed by atoms with Crippen LogP contribution in [-0.4, -0.2) is 54.1 Å². The van der Waals surface area contributed by atoms with Crippen LogP contribution < -0.4 is 0 Å². The predicted molar refractivity (Wildman–Crippen MR) is 77.0 cm³/mol. The first-order valence-corrected chi connectivity index (χ1v) is 7.37. The highest BCUT2D eigenvalue weighted by Gasteiger charge is 2.23. The van der Waals surface area contributed by atoms with Gasteiger partial charge < -0.3 is 14.9 Å². The highest BCUT2D eigenvalue weighted by molar-refractivity contribution is 9.10. The van der Waals surface area contributed by atoms with Crippen LogP contribution in [0.15, 0.2) is 28.7 Å². The van der Waals surface area contributed by atoms with Gasteiger partial charge >= 0.3 is 0 Å². The van der Waals surface area contributed by atoms with Crippen molar-refractivity contribution in [2.45, 2.75) is 18.6 Å². The molecular weight excluding hydrogens is 310 g/mol. The van der Waals surface area contributed by atoms with Gasteiger partial charge in [0, 0.05) is 17.6 Å². The first-order valence-electron chi connectivity index (χ1n) is 6.57. The first-order chi connectivity index (χ1) is 9.22. The predicted octanol–water partition coefficient (Wildman–Crippen LogP) is 1.57. The van der Waals surface area contributed by atoms with E-state index in [0.29, 0.717) is 19.6 Å². The van der Waals surface area contributed by atoms with Gasteiger partial charge in [0.25, 0.3) is 0 Å². The van der Waals surface area contributed by atoms with Gasteiger partial charge in [-0.1, -0.05) is 34.1 Å². The number of aliphatic hydroxyl groups is 2. The van der Waals surface area contributed by atoms with Crippen LogP contribution in [0.25, 0.3) is 0 Å². The smallest absolute Gasteiger partial charge is 0.0813 e. The van der Waals surface area contributed by atoms with Crippen molar-refractivity contribution in [3.05, 3.63) is 34.3 Å². The van der Waals surface area contributed by atoms with Crippen molar-refractivity contribution in [2.75, 3.05) is 32.9 Å². The van der Waals surface area contributed by atoms with E-state index in [4.69, 9.17) is 4.74 Å². The molecule has 2 N–H and O–H groups in total. The number of hydrogen-bond acceptors (Lipinski definition) is 4. The zero-order valence-corrected chi connectivity index (χ0v) is 12.4. The van der Waals surface area contributed by atoms with Gasteiger partial charge in [0.1, 0.15) is 0 Å². The molecule has 1 fully saturated rings. The summed E-state index contributed by atoms with van der Waals surface area (Å²) in [5, 5.41) is 19.5. The molecule has 5 heteroatoms. The minimum Gasteiger partial charge on any atom is -0.395 e. The Labute approximate surface area is 122 Å². The van der Waals surface area contributed by atoms with Crippen LogP contribution in [0.5, 0.6) is 0 Å². The van der Waals surface area contributed by atoms with Crippen LogP contribution in [0.3, 0.4) is 0 Å². The summed E-state index contributed by atoms with van der Waals surface area (Å²) in [6.07, 6.45) is 0.164. The maximum absolute atomic E-state index is 10.2. The number of aliphatic hydroxyl groups excluding tert-OH is 2. The molecule has 4 nitrogen and oxygen atoms in total. The van der Waals surface area contributed by atoms with Crippen molar-refractivity contribution in [3.63, 3.8) is 0 Å². The minimum absolute atomic E-state index is 0.0557. The van der Waals surface area contributed by atoms with Crippen molar-refractivity contribution in [1.82, 2.24) is 4.90 Å². The summed E-state index contributed by atoms with van der Waals surface area (Å²) in [6, 6.07) is 7.78. The molecule has 1 saturated heterocycles. The molecule has 1 aromatic rings. The summed E-state index contributed by atoms with van der Waals surface area (Å²) in [4.78, 5) is 2.18. The fourth-order valence-electron chi connectivity index (χ4n) is 2.34. The van der Waals surface area contributed by atoms with E-state index in [2.05, 4.69) is 20.8 Å². The van der Waals surface area contributed by atoms with Crippen LogP contribution in [0, 0.1) is 0 Å². The van der Waals surface area contributed by atoms with Crippen molar-refractivity contribution < 1.29 is 14.9 Å². The Morgan fingerprint density at radius 2 is 2.21 bits per heavy atom. The zero-order chi connectivity index (χ0) is 13.7. The highest BCUT2D eigenvalue weighted by atomic mass is 79.9. The van der Waals surface area contributed by atoms with Crippen LogP contribution in [0.2, 0.25) is 0 Å². The second-order valence-electron chi connectivity index (χ2n) is 4.77. The third-order valence-corrected chi connectivity index (χ3v) is 4.24. The third kappa shape index (κ3) is 4.00. The van der Waals surface area contributed by atoms with Crippen LogP contribution in [-0.2, 0) is 4.74 Å². The number of benzene rings is 1. The molecule has 0 aliphatic carbocycles. The summed E-state index contributed by atoms with van der Waals surface area (Å²) in [5.41, 5.74) is 0.913. The number of nitrogens with zero attached hydrogens (tertiary/aromatic N) is 1. The van der Waals surface area contributed by atoms with Gasteiger partial charge in [-0.3, -0.25) is 4.90 Å². The Bertz CT molecular complexity index is 402. The van der Waals surface area contributed by atoms with E-state index in [9.17, 15) is 10.2 Å². The van der Waals surface area contributed by atoms with E-state index in [1.54, 1.807) is 0 Å². The van der Waals surface area contributed by atoms with Gasteiger partial charge in [0.2, 0.25) is 0 Å². The molecule has 106 valence electrons. The standard InChI is InChI=1S/C14H20BrNO3/c15-13-4-2-1-3-12(13)14(18)5-6-16-7-8-19-10-11(16)9-17/h1-4,11,14,17-18H,5-10H2. The van der Waals surface area contributed by atoms with Crippen LogP contribution >= 0.6 is 15.9 Å². The van der Waals surface area contributed by atoms with Gasteiger partial charge in [0.15, 0.2) is 0 Å². The number of ether oxygens (including phenoxy) is 1. The van der Waals surface area contributed by atoms with Gasteiger partial charge in [-0.15, -0.1) is 0 Å². The van der Waals surface area contributed by atoms with Crippen molar-refractivity contribution >= 4 is 15.9 Å². The van der Waals surface area contributed by atoms with E-state index in [1.165, 1.54) is 0 Å². The maximum Gasteiger partial charge on any atom is 0.0813 e. The maximum atomic E-state index is 10.2. The largest absolute Gasteiger partial charge is 0.395 e. The molecule has 2 unspecified atom stereocenters. The van der Waals surface area contributed by atoms with Gasteiger partial charge in [-0.25, -0.2) is 0 Å². The fourth-order valence-corrected chi connectivity index (χ4v) is 2.89. The van der Waals surface area contributed by atoms with Gasteiger partial charge in [0.05, 0.1) is 32.0 Å². The number of halogens is 1. The average molecular weight is 330 g/mol. The fraction of sp³-hybridized carbons (Fsp3) is 0.571. The normalized spacial score (nSPS) is 22.4. The Balaban J connectivity index is 1.89. The number of rotatable bonds is 5. The lowest BCUT2D eigenvalue weighted by Crippen LogP contribution is -2.48. The molecule has 0 saturated carbocycles. The number of morpholine rings is 1. The monoisotopic (exact) mass is 329 g/mol. The molecule has 1 heterocycles. The lowest BCUT2D eigenvalue weighted by atomic mass is 10.1. The average Bonchev–Trinajstić information content (AvgIpc) is 2.45. The second-order valence-corrected chi connectivity index (χ2v) is 5.63. The van der Waals surface area contributed by atoms with Crippen LogP contribution in [0.4, 0.5) is 0 Å². The summed E-state index contributed by atoms with van der Waals surface area (Å²) in [5.74, 6) is 0. The van der Waals surface area contributed by atoms with E-state index in [0.717, 1.165) is 23.1 Å². The summed E-state index contributed by atoms with van der Waals surface area (Å²) in [7, 11) is 0. The molecule has 1 aliphatic rings. The topological polar surface area (TPSA) is 52.9 Å². The molecule has 0 amide bonds. The molecule has 0 spiro atoms. The van der Waals surface area contributed by atoms with E-state index in [-0.39, 0.29) is 12.6 Å². The second kappa shape index (κ2) is 7.36. The van der Waals surface area contributed by atoms with E-state index in [1.807, 2.05) is 24.3 Å².